The second-order valence-electron chi connectivity index (χ2n) is 10.6. The topological polar surface area (TPSA) is 18.6 Å². The fourth-order valence-corrected chi connectivity index (χ4v) is 6.49. The Kier molecular flexibility index (Phi) is 5.17. The molecule has 7 aromatic carbocycles. The highest BCUT2D eigenvalue weighted by Gasteiger charge is 2.41. The molecule has 0 spiro atoms. The summed E-state index contributed by atoms with van der Waals surface area (Å²) in [4.78, 5) is 2.53. The maximum absolute atomic E-state index is 5.49. The van der Waals surface area contributed by atoms with Gasteiger partial charge >= 0.3 is 0 Å². The van der Waals surface area contributed by atoms with Gasteiger partial charge in [0.1, 0.15) is 5.69 Å². The van der Waals surface area contributed by atoms with Crippen molar-refractivity contribution in [3.8, 4) is 0 Å². The van der Waals surface area contributed by atoms with Crippen LogP contribution in [0.25, 0.3) is 32.3 Å². The number of hydrogen-bond donors (Lipinski definition) is 0. The number of azo groups is 2. The van der Waals surface area contributed by atoms with Crippen molar-refractivity contribution in [1.29, 1.82) is 0 Å². The van der Waals surface area contributed by atoms with Crippen LogP contribution in [-0.4, -0.2) is 0 Å². The third-order valence-corrected chi connectivity index (χ3v) is 8.37. The number of rotatable bonds is 4. The average molecular weight is 515 g/mol. The maximum atomic E-state index is 5.49. The van der Waals surface area contributed by atoms with E-state index in [2.05, 4.69) is 156 Å². The molecule has 7 aromatic rings. The molecule has 40 heavy (non-hydrogen) atoms. The lowest BCUT2D eigenvalue weighted by molar-refractivity contribution is 0.510. The fraction of sp³-hybridized carbons (Fsp3) is 0.0811. The van der Waals surface area contributed by atoms with Crippen LogP contribution in [0.2, 0.25) is 0 Å². The van der Waals surface area contributed by atoms with Crippen LogP contribution >= 0.6 is 0 Å². The van der Waals surface area contributed by atoms with Crippen LogP contribution < -0.4 is 9.60 Å². The first-order valence-electron chi connectivity index (χ1n) is 13.9. The number of anilines is 1. The monoisotopic (exact) mass is 514 g/mol. The van der Waals surface area contributed by atoms with Crippen LogP contribution in [0.3, 0.4) is 0 Å². The minimum atomic E-state index is -0.206. The minimum Gasteiger partial charge on any atom is -0.328 e. The van der Waals surface area contributed by atoms with Crippen molar-refractivity contribution >= 4 is 49.4 Å². The van der Waals surface area contributed by atoms with Gasteiger partial charge in [0.2, 0.25) is 11.9 Å². The lowest BCUT2D eigenvalue weighted by atomic mass is 9.91. The molecule has 1 aliphatic heterocycles. The van der Waals surface area contributed by atoms with Gasteiger partial charge < -0.3 is 4.90 Å². The zero-order valence-corrected chi connectivity index (χ0v) is 22.3. The van der Waals surface area contributed by atoms with Gasteiger partial charge in [0.25, 0.3) is 5.69 Å². The Balaban J connectivity index is 1.51. The van der Waals surface area contributed by atoms with E-state index in [4.69, 9.17) is 5.11 Å². The summed E-state index contributed by atoms with van der Waals surface area (Å²) in [5.41, 5.74) is 5.82. The van der Waals surface area contributed by atoms with E-state index in [-0.39, 0.29) is 12.2 Å². The smallest absolute Gasteiger partial charge is 0.262 e. The van der Waals surface area contributed by atoms with Gasteiger partial charge in [-0.3, -0.25) is 0 Å². The van der Waals surface area contributed by atoms with E-state index in [9.17, 15) is 0 Å². The molecule has 0 bridgehead atoms. The lowest BCUT2D eigenvalue weighted by Crippen LogP contribution is -2.35. The predicted molar refractivity (Wildman–Crippen MR) is 167 cm³/mol. The third kappa shape index (κ3) is 3.44. The molecule has 0 radical (unpaired) electrons. The molecular formula is C37H28N3+. The van der Waals surface area contributed by atoms with E-state index in [1.165, 1.54) is 49.1 Å². The second kappa shape index (κ2) is 9.03. The van der Waals surface area contributed by atoms with Crippen molar-refractivity contribution in [2.75, 3.05) is 4.90 Å². The van der Waals surface area contributed by atoms with Crippen LogP contribution in [0.5, 0.6) is 0 Å². The molecule has 0 N–H and O–H groups in total. The Morgan fingerprint density at radius 3 is 1.98 bits per heavy atom. The van der Waals surface area contributed by atoms with Gasteiger partial charge in [-0.2, -0.15) is 0 Å². The van der Waals surface area contributed by atoms with E-state index in [1.54, 1.807) is 0 Å². The summed E-state index contributed by atoms with van der Waals surface area (Å²) >= 11 is 0. The highest BCUT2D eigenvalue weighted by Crippen LogP contribution is 2.52. The summed E-state index contributed by atoms with van der Waals surface area (Å²) in [6.07, 6.45) is -0.206. The molecule has 0 saturated heterocycles. The van der Waals surface area contributed by atoms with Crippen LogP contribution in [0.1, 0.15) is 30.3 Å². The van der Waals surface area contributed by atoms with Gasteiger partial charge in [0, 0.05) is 29.1 Å². The zero-order chi connectivity index (χ0) is 26.6. The molecule has 190 valence electrons. The van der Waals surface area contributed by atoms with Crippen LogP contribution in [0.4, 0.5) is 17.1 Å². The minimum absolute atomic E-state index is 0.0882. The van der Waals surface area contributed by atoms with E-state index in [0.717, 1.165) is 11.4 Å². The van der Waals surface area contributed by atoms with Crippen LogP contribution in [-0.2, 0) is 0 Å². The quantitative estimate of drug-likeness (QED) is 0.169. The summed E-state index contributed by atoms with van der Waals surface area (Å²) in [5, 5.41) is 13.2. The van der Waals surface area contributed by atoms with Crippen LogP contribution in [0.15, 0.2) is 145 Å². The van der Waals surface area contributed by atoms with Crippen molar-refractivity contribution in [1.82, 2.24) is 4.70 Å². The highest BCUT2D eigenvalue weighted by atomic mass is 15.4. The van der Waals surface area contributed by atoms with Gasteiger partial charge in [0.05, 0.1) is 6.04 Å². The Labute approximate surface area is 233 Å². The van der Waals surface area contributed by atoms with Gasteiger partial charge in [-0.15, -0.1) is 0 Å². The summed E-state index contributed by atoms with van der Waals surface area (Å²) < 4.78 is 2.16. The third-order valence-electron chi connectivity index (χ3n) is 8.37. The number of para-hydroxylation sites is 1. The summed E-state index contributed by atoms with van der Waals surface area (Å²) in [7, 11) is 0. The van der Waals surface area contributed by atoms with Crippen molar-refractivity contribution in [2.24, 2.45) is 5.11 Å². The SMILES string of the molecule is CC(c1ccccc1)N1c2c(cc3ccc4cccc5ccc2c3c45)[N+](c2ccccc2)=NC1c1ccccc1. The number of hydrogen-bond acceptors (Lipinski definition) is 2. The molecule has 0 saturated carbocycles. The van der Waals surface area contributed by atoms with Crippen molar-refractivity contribution in [3.05, 3.63) is 151 Å². The Morgan fingerprint density at radius 2 is 1.25 bits per heavy atom. The number of nitrogens with zero attached hydrogens (tertiary/aromatic N) is 3. The predicted octanol–water partition coefficient (Wildman–Crippen LogP) is 10.2. The van der Waals surface area contributed by atoms with E-state index in [0.29, 0.717) is 0 Å². The fourth-order valence-electron chi connectivity index (χ4n) is 6.49. The molecular weight excluding hydrogens is 486 g/mol. The second-order valence-corrected chi connectivity index (χ2v) is 10.6. The van der Waals surface area contributed by atoms with Crippen molar-refractivity contribution in [3.63, 3.8) is 0 Å². The molecule has 0 amide bonds. The molecule has 8 rings (SSSR count). The first kappa shape index (κ1) is 22.9. The van der Waals surface area contributed by atoms with Crippen LogP contribution in [0, 0.1) is 0 Å². The maximum Gasteiger partial charge on any atom is 0.262 e. The van der Waals surface area contributed by atoms with E-state index >= 15 is 0 Å². The molecule has 1 aliphatic rings. The van der Waals surface area contributed by atoms with Gasteiger partial charge in [-0.25, -0.2) is 0 Å². The average Bonchev–Trinajstić information content (AvgIpc) is 3.03. The summed E-state index contributed by atoms with van der Waals surface area (Å²) in [6, 6.07) is 50.2. The van der Waals surface area contributed by atoms with Crippen molar-refractivity contribution < 1.29 is 0 Å². The standard InChI is InChI=1S/C37H28N3/c1-25(26-12-5-2-6-13-26)39-36-32-23-22-28-17-11-16-27-20-21-30(35(32)34(27)28)24-33(36)40(31-18-9-4-10-19-31)38-37(39)29-14-7-3-8-15-29/h2-25,37H,1H3/q+1. The molecule has 2 atom stereocenters. The molecule has 2 unspecified atom stereocenters. The Hall–Kier alpha value is -5.02. The summed E-state index contributed by atoms with van der Waals surface area (Å²) in [6.45, 7) is 2.31. The van der Waals surface area contributed by atoms with Gasteiger partial charge in [-0.05, 0) is 49.2 Å². The van der Waals surface area contributed by atoms with E-state index < -0.39 is 0 Å². The van der Waals surface area contributed by atoms with Crippen molar-refractivity contribution in [2.45, 2.75) is 19.1 Å². The lowest BCUT2D eigenvalue weighted by Gasteiger charge is -2.38. The Morgan fingerprint density at radius 1 is 0.625 bits per heavy atom. The first-order valence-corrected chi connectivity index (χ1v) is 13.9. The molecule has 0 aliphatic carbocycles. The largest absolute Gasteiger partial charge is 0.328 e. The number of benzene rings is 7. The number of fused-ring (bicyclic) bond motifs is 2. The normalized spacial score (nSPS) is 15.9. The molecule has 0 fully saturated rings. The highest BCUT2D eigenvalue weighted by molar-refractivity contribution is 6.26. The van der Waals surface area contributed by atoms with E-state index in [1.807, 2.05) is 0 Å². The first-order chi connectivity index (χ1) is 19.8. The summed E-state index contributed by atoms with van der Waals surface area (Å²) in [5.74, 6) is 0. The molecule has 1 heterocycles. The van der Waals surface area contributed by atoms with Gasteiger partial charge in [0.15, 0.2) is 0 Å². The Bertz CT molecular complexity index is 2000. The van der Waals surface area contributed by atoms with Gasteiger partial charge in [-0.1, -0.05) is 121 Å². The molecule has 3 heteroatoms. The molecule has 0 aromatic heterocycles. The zero-order valence-electron chi connectivity index (χ0n) is 22.3. The molecule has 3 nitrogen and oxygen atoms in total.